The van der Waals surface area contributed by atoms with E-state index in [2.05, 4.69) is 0 Å². The highest BCUT2D eigenvalue weighted by Crippen LogP contribution is 2.38. The van der Waals surface area contributed by atoms with E-state index >= 15 is 0 Å². The van der Waals surface area contributed by atoms with Crippen LogP contribution in [-0.2, 0) is 6.18 Å². The van der Waals surface area contributed by atoms with Gasteiger partial charge in [0.15, 0.2) is 0 Å². The molecule has 0 heterocycles. The van der Waals surface area contributed by atoms with Crippen molar-refractivity contribution in [2.45, 2.75) is 6.18 Å². The molecule has 0 aromatic heterocycles. The van der Waals surface area contributed by atoms with Gasteiger partial charge in [-0.15, -0.1) is 0 Å². The molecule has 4 nitrogen and oxygen atoms in total. The Balaban J connectivity index is 2.55. The average Bonchev–Trinajstić information content (AvgIpc) is 2.45. The van der Waals surface area contributed by atoms with Crippen LogP contribution in [0.15, 0.2) is 42.5 Å². The molecule has 2 aromatic rings. The molecule has 21 heavy (non-hydrogen) atoms. The number of nitrogens with zero attached hydrogens (tertiary/aromatic N) is 1. The molecule has 0 saturated carbocycles. The summed E-state index contributed by atoms with van der Waals surface area (Å²) in [6.45, 7) is 0. The number of hydrogen-bond acceptors (Lipinski definition) is 3. The summed E-state index contributed by atoms with van der Waals surface area (Å²) in [6, 6.07) is 8.66. The van der Waals surface area contributed by atoms with Crippen LogP contribution in [0.4, 0.5) is 18.9 Å². The monoisotopic (exact) mass is 295 g/mol. The minimum absolute atomic E-state index is 0.186. The second kappa shape index (κ2) is 5.35. The molecule has 2 aromatic carbocycles. The number of rotatable bonds is 3. The standard InChI is InChI=1S/C14H8F3NO3/c15-14(16,17)12-7-11(5-6-13(12)18(20)21)10-3-1-9(8-19)2-4-10/h1-8H. The number of nitro benzene ring substituents is 1. The van der Waals surface area contributed by atoms with E-state index in [-0.39, 0.29) is 5.56 Å². The van der Waals surface area contributed by atoms with E-state index in [1.165, 1.54) is 30.3 Å². The van der Waals surface area contributed by atoms with Gasteiger partial charge in [0.05, 0.1) is 4.92 Å². The molecule has 7 heteroatoms. The summed E-state index contributed by atoms with van der Waals surface area (Å²) in [5.74, 6) is 0. The zero-order chi connectivity index (χ0) is 15.6. The summed E-state index contributed by atoms with van der Waals surface area (Å²) in [4.78, 5) is 20.1. The minimum atomic E-state index is -4.82. The van der Waals surface area contributed by atoms with Gasteiger partial charge >= 0.3 is 6.18 Å². The molecule has 0 radical (unpaired) electrons. The fraction of sp³-hybridized carbons (Fsp3) is 0.0714. The Morgan fingerprint density at radius 3 is 2.05 bits per heavy atom. The Kier molecular flexibility index (Phi) is 3.75. The van der Waals surface area contributed by atoms with Crippen molar-refractivity contribution >= 4 is 12.0 Å². The molecular formula is C14H8F3NO3. The van der Waals surface area contributed by atoms with E-state index in [0.717, 1.165) is 12.1 Å². The van der Waals surface area contributed by atoms with Crippen molar-refractivity contribution in [3.05, 3.63) is 63.7 Å². The molecule has 0 bridgehead atoms. The third-order valence-electron chi connectivity index (χ3n) is 2.88. The van der Waals surface area contributed by atoms with Crippen LogP contribution in [0.2, 0.25) is 0 Å². The predicted octanol–water partition coefficient (Wildman–Crippen LogP) is 4.09. The molecule has 0 atom stereocenters. The van der Waals surface area contributed by atoms with Gasteiger partial charge in [0.25, 0.3) is 5.69 Å². The number of carbonyl (C=O) groups excluding carboxylic acids is 1. The molecular weight excluding hydrogens is 287 g/mol. The lowest BCUT2D eigenvalue weighted by Crippen LogP contribution is -2.09. The lowest BCUT2D eigenvalue weighted by Gasteiger charge is -2.10. The molecule has 0 N–H and O–H groups in total. The van der Waals surface area contributed by atoms with E-state index < -0.39 is 22.4 Å². The van der Waals surface area contributed by atoms with E-state index in [0.29, 0.717) is 17.4 Å². The summed E-state index contributed by atoms with van der Waals surface area (Å²) < 4.78 is 38.6. The number of carbonyl (C=O) groups is 1. The average molecular weight is 295 g/mol. The Hall–Kier alpha value is -2.70. The molecule has 0 aliphatic heterocycles. The minimum Gasteiger partial charge on any atom is -0.298 e. The van der Waals surface area contributed by atoms with Gasteiger partial charge in [0.1, 0.15) is 11.8 Å². The Morgan fingerprint density at radius 1 is 1.00 bits per heavy atom. The lowest BCUT2D eigenvalue weighted by atomic mass is 10.0. The quantitative estimate of drug-likeness (QED) is 0.486. The smallest absolute Gasteiger partial charge is 0.298 e. The van der Waals surface area contributed by atoms with Crippen LogP contribution in [0.5, 0.6) is 0 Å². The number of benzene rings is 2. The van der Waals surface area contributed by atoms with Crippen LogP contribution >= 0.6 is 0 Å². The van der Waals surface area contributed by atoms with E-state index in [9.17, 15) is 28.1 Å². The Morgan fingerprint density at radius 2 is 1.57 bits per heavy atom. The number of nitro groups is 1. The van der Waals surface area contributed by atoms with E-state index in [4.69, 9.17) is 0 Å². The van der Waals surface area contributed by atoms with Crippen LogP contribution < -0.4 is 0 Å². The molecule has 0 aliphatic rings. The molecule has 108 valence electrons. The van der Waals surface area contributed by atoms with Crippen LogP contribution in [0, 0.1) is 10.1 Å². The topological polar surface area (TPSA) is 60.2 Å². The number of halogens is 3. The summed E-state index contributed by atoms with van der Waals surface area (Å²) >= 11 is 0. The molecule has 0 unspecified atom stereocenters. The van der Waals surface area contributed by atoms with Crippen LogP contribution in [0.25, 0.3) is 11.1 Å². The van der Waals surface area contributed by atoms with Gasteiger partial charge in [0, 0.05) is 11.6 Å². The molecule has 2 rings (SSSR count). The van der Waals surface area contributed by atoms with Crippen molar-refractivity contribution in [2.24, 2.45) is 0 Å². The van der Waals surface area contributed by atoms with Crippen molar-refractivity contribution < 1.29 is 22.9 Å². The zero-order valence-electron chi connectivity index (χ0n) is 10.4. The van der Waals surface area contributed by atoms with E-state index in [1.54, 1.807) is 0 Å². The number of alkyl halides is 3. The second-order valence-electron chi connectivity index (χ2n) is 4.23. The maximum Gasteiger partial charge on any atom is 0.423 e. The zero-order valence-corrected chi connectivity index (χ0v) is 10.4. The van der Waals surface area contributed by atoms with Crippen molar-refractivity contribution in [2.75, 3.05) is 0 Å². The first kappa shape index (κ1) is 14.7. The third-order valence-corrected chi connectivity index (χ3v) is 2.88. The van der Waals surface area contributed by atoms with Crippen molar-refractivity contribution in [3.63, 3.8) is 0 Å². The van der Waals surface area contributed by atoms with Gasteiger partial charge in [-0.2, -0.15) is 13.2 Å². The molecule has 0 spiro atoms. The fourth-order valence-corrected chi connectivity index (χ4v) is 1.86. The van der Waals surface area contributed by atoms with Crippen LogP contribution in [0.3, 0.4) is 0 Å². The summed E-state index contributed by atoms with van der Waals surface area (Å²) in [6.07, 6.45) is -4.21. The number of aldehydes is 1. The van der Waals surface area contributed by atoms with Gasteiger partial charge < -0.3 is 0 Å². The first-order chi connectivity index (χ1) is 9.82. The molecule has 0 amide bonds. The fourth-order valence-electron chi connectivity index (χ4n) is 1.86. The third kappa shape index (κ3) is 3.07. The highest BCUT2D eigenvalue weighted by Gasteiger charge is 2.38. The van der Waals surface area contributed by atoms with Gasteiger partial charge in [-0.3, -0.25) is 14.9 Å². The SMILES string of the molecule is O=Cc1ccc(-c2ccc([N+](=O)[O-])c(C(F)(F)F)c2)cc1. The maximum absolute atomic E-state index is 12.9. The lowest BCUT2D eigenvalue weighted by molar-refractivity contribution is -0.388. The van der Waals surface area contributed by atoms with Crippen molar-refractivity contribution in [3.8, 4) is 11.1 Å². The number of hydrogen-bond donors (Lipinski definition) is 0. The summed E-state index contributed by atoms with van der Waals surface area (Å²) in [5.41, 5.74) is -1.29. The highest BCUT2D eigenvalue weighted by molar-refractivity contribution is 5.77. The maximum atomic E-state index is 12.9. The second-order valence-corrected chi connectivity index (χ2v) is 4.23. The van der Waals surface area contributed by atoms with Crippen LogP contribution in [0.1, 0.15) is 15.9 Å². The van der Waals surface area contributed by atoms with Crippen molar-refractivity contribution in [1.82, 2.24) is 0 Å². The predicted molar refractivity (Wildman–Crippen MR) is 68.9 cm³/mol. The van der Waals surface area contributed by atoms with Gasteiger partial charge in [-0.05, 0) is 23.3 Å². The summed E-state index contributed by atoms with van der Waals surface area (Å²) in [7, 11) is 0. The molecule has 0 saturated heterocycles. The Labute approximate surface area is 117 Å². The summed E-state index contributed by atoms with van der Waals surface area (Å²) in [5, 5.41) is 10.7. The normalized spacial score (nSPS) is 11.2. The van der Waals surface area contributed by atoms with Crippen LogP contribution in [-0.4, -0.2) is 11.2 Å². The highest BCUT2D eigenvalue weighted by atomic mass is 19.4. The first-order valence-corrected chi connectivity index (χ1v) is 5.74. The molecule has 0 fully saturated rings. The largest absolute Gasteiger partial charge is 0.423 e. The van der Waals surface area contributed by atoms with Gasteiger partial charge in [-0.1, -0.05) is 24.3 Å². The van der Waals surface area contributed by atoms with Gasteiger partial charge in [-0.25, -0.2) is 0 Å². The van der Waals surface area contributed by atoms with Crippen molar-refractivity contribution in [1.29, 1.82) is 0 Å². The Bertz CT molecular complexity index is 694. The van der Waals surface area contributed by atoms with Gasteiger partial charge in [0.2, 0.25) is 0 Å². The van der Waals surface area contributed by atoms with E-state index in [1.807, 2.05) is 0 Å². The molecule has 0 aliphatic carbocycles. The first-order valence-electron chi connectivity index (χ1n) is 5.74.